The number of halogens is 3. The molecule has 0 aromatic heterocycles. The Labute approximate surface area is 153 Å². The Bertz CT molecular complexity index is 505. The highest BCUT2D eigenvalue weighted by atomic mass is 35.5. The maximum Gasteiger partial charge on any atom is 0.303 e. The third-order valence-corrected chi connectivity index (χ3v) is 4.61. The van der Waals surface area contributed by atoms with Gasteiger partial charge in [-0.1, -0.05) is 29.3 Å². The van der Waals surface area contributed by atoms with Gasteiger partial charge in [0.1, 0.15) is 0 Å². The minimum absolute atomic E-state index is 0. The molecule has 1 aromatic rings. The minimum atomic E-state index is -0.722. The van der Waals surface area contributed by atoms with Gasteiger partial charge in [0.25, 0.3) is 0 Å². The van der Waals surface area contributed by atoms with Gasteiger partial charge >= 0.3 is 5.97 Å². The molecule has 0 amide bonds. The summed E-state index contributed by atoms with van der Waals surface area (Å²) in [5.74, 6) is -0.722. The first-order valence-corrected chi connectivity index (χ1v) is 8.30. The number of hydrogen-bond donors (Lipinski definition) is 1. The molecule has 1 aliphatic heterocycles. The van der Waals surface area contributed by atoms with Crippen LogP contribution in [-0.2, 0) is 16.1 Å². The van der Waals surface area contributed by atoms with Crippen LogP contribution < -0.4 is 0 Å². The zero-order valence-electron chi connectivity index (χ0n) is 12.8. The molecule has 7 heteroatoms. The predicted octanol–water partition coefficient (Wildman–Crippen LogP) is 4.26. The summed E-state index contributed by atoms with van der Waals surface area (Å²) < 4.78 is 5.93. The predicted molar refractivity (Wildman–Crippen MR) is 94.8 cm³/mol. The van der Waals surface area contributed by atoms with Crippen molar-refractivity contribution in [1.29, 1.82) is 0 Å². The molecule has 0 aliphatic carbocycles. The first-order chi connectivity index (χ1) is 10.5. The maximum atomic E-state index is 10.5. The van der Waals surface area contributed by atoms with Gasteiger partial charge in [-0.05, 0) is 43.5 Å². The van der Waals surface area contributed by atoms with Gasteiger partial charge in [-0.3, -0.25) is 4.79 Å². The van der Waals surface area contributed by atoms with Crippen molar-refractivity contribution < 1.29 is 14.6 Å². The third kappa shape index (κ3) is 7.27. The molecule has 130 valence electrons. The van der Waals surface area contributed by atoms with Crippen molar-refractivity contribution in [3.05, 3.63) is 33.8 Å². The summed E-state index contributed by atoms with van der Waals surface area (Å²) in [5, 5.41) is 9.75. The van der Waals surface area contributed by atoms with Crippen molar-refractivity contribution in [2.45, 2.75) is 38.4 Å². The molecule has 0 radical (unpaired) electrons. The number of carbonyl (C=O) groups is 1. The average Bonchev–Trinajstić information content (AvgIpc) is 2.49. The number of nitrogens with zero attached hydrogens (tertiary/aromatic N) is 1. The number of carboxylic acids is 1. The molecular weight excluding hydrogens is 361 g/mol. The molecule has 0 bridgehead atoms. The first-order valence-electron chi connectivity index (χ1n) is 7.54. The first kappa shape index (κ1) is 20.5. The second-order valence-electron chi connectivity index (χ2n) is 5.60. The van der Waals surface area contributed by atoms with Crippen LogP contribution in [0, 0.1) is 0 Å². The lowest BCUT2D eigenvalue weighted by Crippen LogP contribution is -2.37. The molecule has 0 saturated carbocycles. The highest BCUT2D eigenvalue weighted by Crippen LogP contribution is 2.24. The molecule has 1 saturated heterocycles. The Morgan fingerprint density at radius 3 is 2.57 bits per heavy atom. The Kier molecular flexibility index (Phi) is 9.25. The van der Waals surface area contributed by atoms with Crippen molar-refractivity contribution in [3.8, 4) is 0 Å². The molecule has 23 heavy (non-hydrogen) atoms. The molecule has 4 nitrogen and oxygen atoms in total. The summed E-state index contributed by atoms with van der Waals surface area (Å²) >= 11 is 11.9. The summed E-state index contributed by atoms with van der Waals surface area (Å²) in [6.07, 6.45) is 3.17. The van der Waals surface area contributed by atoms with Gasteiger partial charge < -0.3 is 14.7 Å². The molecule has 0 unspecified atom stereocenters. The number of rotatable bonds is 7. The minimum Gasteiger partial charge on any atom is -0.481 e. The van der Waals surface area contributed by atoms with E-state index >= 15 is 0 Å². The Balaban J connectivity index is 0.00000264. The topological polar surface area (TPSA) is 49.8 Å². The highest BCUT2D eigenvalue weighted by molar-refractivity contribution is 6.42. The zero-order valence-corrected chi connectivity index (χ0v) is 15.2. The number of benzene rings is 1. The fourth-order valence-electron chi connectivity index (χ4n) is 2.60. The fourth-order valence-corrected chi connectivity index (χ4v) is 2.92. The summed E-state index contributed by atoms with van der Waals surface area (Å²) in [6.45, 7) is 3.32. The van der Waals surface area contributed by atoms with Crippen LogP contribution in [0.3, 0.4) is 0 Å². The molecule has 1 aromatic carbocycles. The quantitative estimate of drug-likeness (QED) is 0.765. The van der Waals surface area contributed by atoms with E-state index in [0.29, 0.717) is 23.1 Å². The van der Waals surface area contributed by atoms with E-state index in [9.17, 15) is 4.79 Å². The van der Waals surface area contributed by atoms with E-state index < -0.39 is 5.97 Å². The number of aliphatic carboxylic acids is 1. The standard InChI is InChI=1S/C16H21Cl2NO3.ClH/c17-14-4-3-12(10-15(14)18)11-22-13-5-8-19(9-6-13)7-1-2-16(20)21;/h3-4,10,13H,1-2,5-9,11H2,(H,20,21);1H. The van der Waals surface area contributed by atoms with Gasteiger partial charge in [-0.2, -0.15) is 0 Å². The van der Waals surface area contributed by atoms with Gasteiger partial charge in [0.05, 0.1) is 22.8 Å². The SMILES string of the molecule is Cl.O=C(O)CCCN1CCC(OCc2ccc(Cl)c(Cl)c2)CC1. The van der Waals surface area contributed by atoms with E-state index in [1.165, 1.54) is 0 Å². The van der Waals surface area contributed by atoms with Gasteiger partial charge in [0, 0.05) is 19.5 Å². The molecule has 1 N–H and O–H groups in total. The molecule has 1 fully saturated rings. The van der Waals surface area contributed by atoms with Crippen LogP contribution in [0.4, 0.5) is 0 Å². The van der Waals surface area contributed by atoms with Crippen LogP contribution in [0.25, 0.3) is 0 Å². The molecular formula is C16H22Cl3NO3. The van der Waals surface area contributed by atoms with Gasteiger partial charge in [-0.15, -0.1) is 12.4 Å². The lowest BCUT2D eigenvalue weighted by molar-refractivity contribution is -0.137. The molecule has 2 rings (SSSR count). The monoisotopic (exact) mass is 381 g/mol. The Morgan fingerprint density at radius 1 is 1.26 bits per heavy atom. The van der Waals surface area contributed by atoms with E-state index in [0.717, 1.165) is 38.0 Å². The van der Waals surface area contributed by atoms with Crippen LogP contribution in [0.5, 0.6) is 0 Å². The van der Waals surface area contributed by atoms with Crippen LogP contribution in [-0.4, -0.2) is 41.7 Å². The van der Waals surface area contributed by atoms with Crippen LogP contribution in [0.2, 0.25) is 10.0 Å². The summed E-state index contributed by atoms with van der Waals surface area (Å²) in [7, 11) is 0. The maximum absolute atomic E-state index is 10.5. The third-order valence-electron chi connectivity index (χ3n) is 3.87. The largest absolute Gasteiger partial charge is 0.481 e. The van der Waals surface area contributed by atoms with Crippen molar-refractivity contribution in [2.75, 3.05) is 19.6 Å². The van der Waals surface area contributed by atoms with Crippen molar-refractivity contribution in [3.63, 3.8) is 0 Å². The fraction of sp³-hybridized carbons (Fsp3) is 0.562. The average molecular weight is 383 g/mol. The number of carboxylic acid groups (broad SMARTS) is 1. The van der Waals surface area contributed by atoms with Crippen LogP contribution in [0.1, 0.15) is 31.2 Å². The Morgan fingerprint density at radius 2 is 1.96 bits per heavy atom. The number of piperidine rings is 1. The second-order valence-corrected chi connectivity index (χ2v) is 6.41. The molecule has 0 spiro atoms. The van der Waals surface area contributed by atoms with Gasteiger partial charge in [0.2, 0.25) is 0 Å². The van der Waals surface area contributed by atoms with Crippen molar-refractivity contribution in [1.82, 2.24) is 4.90 Å². The van der Waals surface area contributed by atoms with E-state index in [1.54, 1.807) is 6.07 Å². The zero-order chi connectivity index (χ0) is 15.9. The molecule has 1 aliphatic rings. The smallest absolute Gasteiger partial charge is 0.303 e. The summed E-state index contributed by atoms with van der Waals surface area (Å²) in [6, 6.07) is 5.55. The van der Waals surface area contributed by atoms with Crippen LogP contribution in [0.15, 0.2) is 18.2 Å². The van der Waals surface area contributed by atoms with Gasteiger partial charge in [-0.25, -0.2) is 0 Å². The van der Waals surface area contributed by atoms with E-state index in [2.05, 4.69) is 4.90 Å². The second kappa shape index (κ2) is 10.4. The van der Waals surface area contributed by atoms with E-state index in [-0.39, 0.29) is 24.9 Å². The lowest BCUT2D eigenvalue weighted by atomic mass is 10.1. The summed E-state index contributed by atoms with van der Waals surface area (Å²) in [4.78, 5) is 12.8. The van der Waals surface area contributed by atoms with Gasteiger partial charge in [0.15, 0.2) is 0 Å². The number of hydrogen-bond acceptors (Lipinski definition) is 3. The van der Waals surface area contributed by atoms with Crippen LogP contribution >= 0.6 is 35.6 Å². The number of likely N-dealkylation sites (tertiary alicyclic amines) is 1. The number of ether oxygens (including phenoxy) is 1. The highest BCUT2D eigenvalue weighted by Gasteiger charge is 2.19. The van der Waals surface area contributed by atoms with E-state index in [4.69, 9.17) is 33.0 Å². The lowest BCUT2D eigenvalue weighted by Gasteiger charge is -2.31. The Hall–Kier alpha value is -0.520. The normalized spacial score (nSPS) is 16.1. The molecule has 1 heterocycles. The van der Waals surface area contributed by atoms with Crippen molar-refractivity contribution in [2.24, 2.45) is 0 Å². The van der Waals surface area contributed by atoms with E-state index in [1.807, 2.05) is 12.1 Å². The molecule has 0 atom stereocenters. The summed E-state index contributed by atoms with van der Waals surface area (Å²) in [5.41, 5.74) is 1.03. The van der Waals surface area contributed by atoms with Crippen molar-refractivity contribution >= 4 is 41.6 Å².